The van der Waals surface area contributed by atoms with Crippen molar-refractivity contribution in [1.29, 1.82) is 0 Å². The summed E-state index contributed by atoms with van der Waals surface area (Å²) in [6.45, 7) is 6.16. The summed E-state index contributed by atoms with van der Waals surface area (Å²) >= 11 is 1.72. The van der Waals surface area contributed by atoms with E-state index in [0.717, 1.165) is 12.0 Å². The van der Waals surface area contributed by atoms with Gasteiger partial charge in [-0.05, 0) is 42.9 Å². The lowest BCUT2D eigenvalue weighted by molar-refractivity contribution is -0.132. The minimum absolute atomic E-state index is 0.166. The lowest BCUT2D eigenvalue weighted by Gasteiger charge is -2.31. The molecule has 0 aliphatic heterocycles. The number of rotatable bonds is 5. The molecule has 0 spiro atoms. The Hall–Kier alpha value is -1.19. The number of likely N-dealkylation sites (N-methyl/N-ethyl adjacent to an activating group) is 1. The molecule has 0 aliphatic rings. The van der Waals surface area contributed by atoms with Gasteiger partial charge in [0.1, 0.15) is 0 Å². The third kappa shape index (κ3) is 2.65. The van der Waals surface area contributed by atoms with Crippen LogP contribution < -0.4 is 0 Å². The summed E-state index contributed by atoms with van der Waals surface area (Å²) in [5, 5.41) is 3.34. The van der Waals surface area contributed by atoms with Gasteiger partial charge in [0, 0.05) is 10.1 Å². The molecule has 0 saturated heterocycles. The predicted octanol–water partition coefficient (Wildman–Crippen LogP) is 4.51. The first-order chi connectivity index (χ1) is 9.38. The highest BCUT2D eigenvalue weighted by molar-refractivity contribution is 7.17. The number of Topliss-reactive ketones (excluding diaryl/α,β-unsaturated/α-hetero) is 1. The Morgan fingerprint density at radius 1 is 1.30 bits per heavy atom. The summed E-state index contributed by atoms with van der Waals surface area (Å²) in [5.41, 5.74) is 0.847. The number of thiophene rings is 1. The highest BCUT2D eigenvalue weighted by atomic mass is 32.1. The van der Waals surface area contributed by atoms with E-state index in [0.29, 0.717) is 5.78 Å². The number of ketones is 1. The van der Waals surface area contributed by atoms with Crippen LogP contribution in [0.5, 0.6) is 0 Å². The Morgan fingerprint density at radius 2 is 1.95 bits per heavy atom. The first-order valence-corrected chi connectivity index (χ1v) is 7.93. The first kappa shape index (κ1) is 15.2. The molecule has 3 heteroatoms. The number of benzene rings is 1. The Balaban J connectivity index is 2.52. The van der Waals surface area contributed by atoms with Crippen LogP contribution in [0.25, 0.3) is 10.1 Å². The molecule has 1 unspecified atom stereocenters. The van der Waals surface area contributed by atoms with Crippen molar-refractivity contribution in [2.75, 3.05) is 14.1 Å². The molecule has 1 heterocycles. The summed E-state index contributed by atoms with van der Waals surface area (Å²) < 4.78 is 1.25. The van der Waals surface area contributed by atoms with Gasteiger partial charge in [-0.2, -0.15) is 0 Å². The molecular weight excluding hydrogens is 266 g/mol. The van der Waals surface area contributed by atoms with E-state index in [4.69, 9.17) is 0 Å². The van der Waals surface area contributed by atoms with Crippen molar-refractivity contribution in [3.63, 3.8) is 0 Å². The maximum Gasteiger partial charge on any atom is 0.160 e. The zero-order valence-electron chi connectivity index (χ0n) is 12.9. The van der Waals surface area contributed by atoms with E-state index in [-0.39, 0.29) is 11.5 Å². The molecule has 1 atom stereocenters. The van der Waals surface area contributed by atoms with Crippen LogP contribution >= 0.6 is 11.3 Å². The molecule has 2 rings (SSSR count). The molecule has 1 aromatic heterocycles. The van der Waals surface area contributed by atoms with Crippen LogP contribution in [-0.2, 0) is 4.79 Å². The van der Waals surface area contributed by atoms with Crippen molar-refractivity contribution >= 4 is 27.2 Å². The van der Waals surface area contributed by atoms with Gasteiger partial charge in [-0.3, -0.25) is 9.69 Å². The van der Waals surface area contributed by atoms with Gasteiger partial charge in [0.15, 0.2) is 5.78 Å². The Kier molecular flexibility index (Phi) is 4.31. The molecule has 20 heavy (non-hydrogen) atoms. The number of hydrogen-bond donors (Lipinski definition) is 0. The maximum atomic E-state index is 12.9. The molecule has 0 N–H and O–H groups in total. The number of fused-ring (bicyclic) bond motifs is 1. The van der Waals surface area contributed by atoms with Crippen molar-refractivity contribution in [1.82, 2.24) is 4.90 Å². The Labute approximate surface area is 125 Å². The molecule has 0 aliphatic carbocycles. The molecule has 2 nitrogen and oxygen atoms in total. The molecule has 2 aromatic rings. The van der Waals surface area contributed by atoms with Gasteiger partial charge in [-0.1, -0.05) is 39.0 Å². The fraction of sp³-hybridized carbons (Fsp3) is 0.471. The predicted molar refractivity (Wildman–Crippen MR) is 87.3 cm³/mol. The van der Waals surface area contributed by atoms with Crippen molar-refractivity contribution < 1.29 is 4.79 Å². The van der Waals surface area contributed by atoms with Crippen LogP contribution in [0.2, 0.25) is 0 Å². The van der Waals surface area contributed by atoms with Crippen molar-refractivity contribution in [3.05, 3.63) is 35.2 Å². The highest BCUT2D eigenvalue weighted by Gasteiger charge is 2.35. The third-order valence-electron chi connectivity index (χ3n) is 4.12. The van der Waals surface area contributed by atoms with E-state index in [1.54, 1.807) is 11.3 Å². The average molecular weight is 289 g/mol. The SMILES string of the molecule is CCC(C)(C)C(=O)C(c1csc2ccccc12)N(C)C. The van der Waals surface area contributed by atoms with Crippen LogP contribution in [0.1, 0.15) is 38.8 Å². The first-order valence-electron chi connectivity index (χ1n) is 7.05. The lowest BCUT2D eigenvalue weighted by Crippen LogP contribution is -2.36. The zero-order valence-corrected chi connectivity index (χ0v) is 13.8. The van der Waals surface area contributed by atoms with E-state index >= 15 is 0 Å². The van der Waals surface area contributed by atoms with Crippen LogP contribution in [0.4, 0.5) is 0 Å². The van der Waals surface area contributed by atoms with Crippen LogP contribution in [0, 0.1) is 5.41 Å². The van der Waals surface area contributed by atoms with Gasteiger partial charge in [0.25, 0.3) is 0 Å². The summed E-state index contributed by atoms with van der Waals surface area (Å²) in [7, 11) is 3.97. The number of hydrogen-bond acceptors (Lipinski definition) is 3. The summed E-state index contributed by atoms with van der Waals surface area (Å²) in [5.74, 6) is 0.300. The number of nitrogens with zero attached hydrogens (tertiary/aromatic N) is 1. The van der Waals surface area contributed by atoms with E-state index in [1.807, 2.05) is 45.0 Å². The lowest BCUT2D eigenvalue weighted by atomic mass is 9.79. The van der Waals surface area contributed by atoms with Gasteiger partial charge in [-0.15, -0.1) is 11.3 Å². The molecule has 1 aromatic carbocycles. The van der Waals surface area contributed by atoms with E-state index in [9.17, 15) is 4.79 Å². The normalized spacial score (nSPS) is 13.9. The quantitative estimate of drug-likeness (QED) is 0.807. The van der Waals surface area contributed by atoms with Crippen molar-refractivity contribution in [2.45, 2.75) is 33.2 Å². The molecule has 108 valence electrons. The summed E-state index contributed by atoms with van der Waals surface area (Å²) in [6, 6.07) is 8.16. The van der Waals surface area contributed by atoms with Crippen molar-refractivity contribution in [3.8, 4) is 0 Å². The monoisotopic (exact) mass is 289 g/mol. The van der Waals surface area contributed by atoms with Crippen LogP contribution in [-0.4, -0.2) is 24.8 Å². The second-order valence-electron chi connectivity index (χ2n) is 6.16. The maximum absolute atomic E-state index is 12.9. The Morgan fingerprint density at radius 3 is 2.55 bits per heavy atom. The van der Waals surface area contributed by atoms with E-state index in [1.165, 1.54) is 10.1 Å². The minimum Gasteiger partial charge on any atom is -0.297 e. The smallest absolute Gasteiger partial charge is 0.160 e. The number of carbonyl (C=O) groups is 1. The molecule has 0 saturated carbocycles. The molecule has 0 bridgehead atoms. The van der Waals surface area contributed by atoms with Gasteiger partial charge < -0.3 is 0 Å². The molecule has 0 amide bonds. The number of carbonyl (C=O) groups excluding carboxylic acids is 1. The second kappa shape index (κ2) is 5.66. The van der Waals surface area contributed by atoms with E-state index in [2.05, 4.69) is 24.4 Å². The van der Waals surface area contributed by atoms with Crippen LogP contribution in [0.3, 0.4) is 0 Å². The fourth-order valence-corrected chi connectivity index (χ4v) is 3.39. The minimum atomic E-state index is -0.294. The van der Waals surface area contributed by atoms with Crippen LogP contribution in [0.15, 0.2) is 29.6 Å². The van der Waals surface area contributed by atoms with Gasteiger partial charge in [0.05, 0.1) is 6.04 Å². The second-order valence-corrected chi connectivity index (χ2v) is 7.07. The third-order valence-corrected chi connectivity index (χ3v) is 5.10. The standard InChI is InChI=1S/C17H23NOS/c1-6-17(2,3)16(19)15(18(4)5)13-11-20-14-10-8-7-9-12(13)14/h7-11,15H,6H2,1-5H3. The average Bonchev–Trinajstić information content (AvgIpc) is 2.82. The van der Waals surface area contributed by atoms with Gasteiger partial charge >= 0.3 is 0 Å². The summed E-state index contributed by atoms with van der Waals surface area (Å²) in [4.78, 5) is 15.0. The fourth-order valence-electron chi connectivity index (χ4n) is 2.41. The molecule has 0 fully saturated rings. The van der Waals surface area contributed by atoms with Gasteiger partial charge in [-0.25, -0.2) is 0 Å². The van der Waals surface area contributed by atoms with Gasteiger partial charge in [0.2, 0.25) is 0 Å². The highest BCUT2D eigenvalue weighted by Crippen LogP contribution is 2.37. The molecule has 0 radical (unpaired) electrons. The van der Waals surface area contributed by atoms with Crippen molar-refractivity contribution in [2.24, 2.45) is 5.41 Å². The topological polar surface area (TPSA) is 20.3 Å². The Bertz CT molecular complexity index is 612. The largest absolute Gasteiger partial charge is 0.297 e. The summed E-state index contributed by atoms with van der Waals surface area (Å²) in [6.07, 6.45) is 0.859. The molecular formula is C17H23NOS. The van der Waals surface area contributed by atoms with E-state index < -0.39 is 0 Å². The zero-order chi connectivity index (χ0) is 14.9.